The highest BCUT2D eigenvalue weighted by Crippen LogP contribution is 2.41. The lowest BCUT2D eigenvalue weighted by molar-refractivity contribution is 0.186. The van der Waals surface area contributed by atoms with Crippen LogP contribution < -0.4 is 19.5 Å². The van der Waals surface area contributed by atoms with Crippen molar-refractivity contribution in [2.45, 2.75) is 27.3 Å². The van der Waals surface area contributed by atoms with E-state index in [1.165, 1.54) is 0 Å². The third kappa shape index (κ3) is 5.09. The minimum absolute atomic E-state index is 0.117. The van der Waals surface area contributed by atoms with Crippen molar-refractivity contribution in [3.05, 3.63) is 23.9 Å². The molecule has 0 saturated carbocycles. The first kappa shape index (κ1) is 21.4. The van der Waals surface area contributed by atoms with E-state index in [4.69, 9.17) is 18.7 Å². The molecule has 0 atom stereocenters. The van der Waals surface area contributed by atoms with Crippen LogP contribution in [0, 0.1) is 5.92 Å². The molecule has 28 heavy (non-hydrogen) atoms. The number of carbonyl (C=O) groups is 1. The van der Waals surface area contributed by atoms with Gasteiger partial charge in [-0.1, -0.05) is 19.0 Å². The van der Waals surface area contributed by atoms with E-state index in [2.05, 4.69) is 24.3 Å². The molecule has 0 aliphatic rings. The van der Waals surface area contributed by atoms with Crippen LogP contribution in [0.1, 0.15) is 26.5 Å². The van der Waals surface area contributed by atoms with E-state index >= 15 is 0 Å². The summed E-state index contributed by atoms with van der Waals surface area (Å²) in [5.41, 5.74) is 1.40. The molecule has 2 rings (SSSR count). The molecule has 0 saturated heterocycles. The quantitative estimate of drug-likeness (QED) is 0.703. The van der Waals surface area contributed by atoms with Gasteiger partial charge in [0.05, 0.1) is 27.9 Å². The van der Waals surface area contributed by atoms with Gasteiger partial charge in [0.1, 0.15) is 5.69 Å². The SMILES string of the molecule is CCNC(=O)N(Cc1cc(-c2cc(OC)c(OC)c(OC)c2)on1)CC(C)C. The lowest BCUT2D eigenvalue weighted by atomic mass is 10.1. The van der Waals surface area contributed by atoms with E-state index in [0.717, 1.165) is 5.56 Å². The second kappa shape index (κ2) is 9.87. The molecular formula is C20H29N3O5. The number of rotatable bonds is 9. The number of urea groups is 1. The van der Waals surface area contributed by atoms with Gasteiger partial charge in [0.25, 0.3) is 0 Å². The molecule has 2 amide bonds. The Morgan fingerprint density at radius 1 is 1.14 bits per heavy atom. The number of methoxy groups -OCH3 is 3. The predicted molar refractivity (Wildman–Crippen MR) is 106 cm³/mol. The molecule has 0 aliphatic heterocycles. The fourth-order valence-corrected chi connectivity index (χ4v) is 2.86. The Kier molecular flexibility index (Phi) is 7.54. The standard InChI is InChI=1S/C20H29N3O5/c1-7-21-20(24)23(11-13(2)3)12-15-10-16(28-22-15)14-8-17(25-4)19(27-6)18(9-14)26-5/h8-10,13H,7,11-12H2,1-6H3,(H,21,24). The Morgan fingerprint density at radius 3 is 2.29 bits per heavy atom. The van der Waals surface area contributed by atoms with Gasteiger partial charge in [-0.2, -0.15) is 0 Å². The molecule has 1 aromatic heterocycles. The topological polar surface area (TPSA) is 86.1 Å². The molecule has 1 N–H and O–H groups in total. The van der Waals surface area contributed by atoms with Gasteiger partial charge in [-0.15, -0.1) is 0 Å². The first-order valence-corrected chi connectivity index (χ1v) is 9.22. The predicted octanol–water partition coefficient (Wildman–Crippen LogP) is 3.55. The number of benzene rings is 1. The monoisotopic (exact) mass is 391 g/mol. The lowest BCUT2D eigenvalue weighted by Gasteiger charge is -2.23. The zero-order valence-electron chi connectivity index (χ0n) is 17.4. The molecule has 1 aromatic carbocycles. The third-order valence-corrected chi connectivity index (χ3v) is 4.06. The summed E-state index contributed by atoms with van der Waals surface area (Å²) >= 11 is 0. The van der Waals surface area contributed by atoms with Gasteiger partial charge in [0.2, 0.25) is 5.75 Å². The molecule has 8 heteroatoms. The number of aromatic nitrogens is 1. The Balaban J connectivity index is 2.28. The zero-order chi connectivity index (χ0) is 20.7. The second-order valence-electron chi connectivity index (χ2n) is 6.71. The van der Waals surface area contributed by atoms with Gasteiger partial charge in [0.15, 0.2) is 17.3 Å². The number of amides is 2. The molecule has 0 spiro atoms. The lowest BCUT2D eigenvalue weighted by Crippen LogP contribution is -2.41. The van der Waals surface area contributed by atoms with Gasteiger partial charge in [-0.3, -0.25) is 0 Å². The summed E-state index contributed by atoms with van der Waals surface area (Å²) in [4.78, 5) is 14.0. The van der Waals surface area contributed by atoms with Crippen LogP contribution in [0.5, 0.6) is 17.2 Å². The summed E-state index contributed by atoms with van der Waals surface area (Å²) in [5, 5.41) is 6.96. The van der Waals surface area contributed by atoms with Gasteiger partial charge in [0, 0.05) is 24.7 Å². The molecule has 0 unspecified atom stereocenters. The van der Waals surface area contributed by atoms with Crippen molar-refractivity contribution in [1.29, 1.82) is 0 Å². The minimum Gasteiger partial charge on any atom is -0.493 e. The van der Waals surface area contributed by atoms with E-state index in [-0.39, 0.29) is 6.03 Å². The molecule has 0 radical (unpaired) electrons. The van der Waals surface area contributed by atoms with Crippen molar-refractivity contribution in [2.24, 2.45) is 5.92 Å². The highest BCUT2D eigenvalue weighted by atomic mass is 16.5. The van der Waals surface area contributed by atoms with E-state index in [0.29, 0.717) is 54.3 Å². The van der Waals surface area contributed by atoms with Crippen LogP contribution in [-0.2, 0) is 6.54 Å². The van der Waals surface area contributed by atoms with Gasteiger partial charge < -0.3 is 29.0 Å². The highest BCUT2D eigenvalue weighted by Gasteiger charge is 2.19. The van der Waals surface area contributed by atoms with Crippen molar-refractivity contribution >= 4 is 6.03 Å². The maximum atomic E-state index is 12.3. The first-order chi connectivity index (χ1) is 13.4. The van der Waals surface area contributed by atoms with Crippen LogP contribution in [0.4, 0.5) is 4.79 Å². The fraction of sp³-hybridized carbons (Fsp3) is 0.500. The molecule has 0 aliphatic carbocycles. The number of nitrogens with one attached hydrogen (secondary N) is 1. The smallest absolute Gasteiger partial charge is 0.317 e. The van der Waals surface area contributed by atoms with Crippen LogP contribution in [0.2, 0.25) is 0 Å². The Hall–Kier alpha value is -2.90. The number of ether oxygens (including phenoxy) is 3. The fourth-order valence-electron chi connectivity index (χ4n) is 2.86. The van der Waals surface area contributed by atoms with Crippen LogP contribution in [-0.4, -0.2) is 50.5 Å². The van der Waals surface area contributed by atoms with Crippen LogP contribution in [0.25, 0.3) is 11.3 Å². The maximum Gasteiger partial charge on any atom is 0.317 e. The van der Waals surface area contributed by atoms with E-state index < -0.39 is 0 Å². The van der Waals surface area contributed by atoms with E-state index in [1.54, 1.807) is 38.4 Å². The molecule has 1 heterocycles. The molecule has 8 nitrogen and oxygen atoms in total. The third-order valence-electron chi connectivity index (χ3n) is 4.06. The van der Waals surface area contributed by atoms with Crippen LogP contribution >= 0.6 is 0 Å². The summed E-state index contributed by atoms with van der Waals surface area (Å²) in [6.45, 7) is 7.58. The number of nitrogens with zero attached hydrogens (tertiary/aromatic N) is 2. The van der Waals surface area contributed by atoms with Gasteiger partial charge >= 0.3 is 6.03 Å². The number of hydrogen-bond donors (Lipinski definition) is 1. The summed E-state index contributed by atoms with van der Waals surface area (Å²) in [6.07, 6.45) is 0. The van der Waals surface area contributed by atoms with Crippen molar-refractivity contribution in [1.82, 2.24) is 15.4 Å². The first-order valence-electron chi connectivity index (χ1n) is 9.22. The van der Waals surface area contributed by atoms with E-state index in [9.17, 15) is 4.79 Å². The Bertz CT molecular complexity index is 763. The normalized spacial score (nSPS) is 10.7. The van der Waals surface area contributed by atoms with Crippen LogP contribution in [0.15, 0.2) is 22.7 Å². The average Bonchev–Trinajstić information content (AvgIpc) is 3.14. The van der Waals surface area contributed by atoms with Crippen molar-refractivity contribution < 1.29 is 23.5 Å². The molecule has 0 fully saturated rings. The van der Waals surface area contributed by atoms with Crippen LogP contribution in [0.3, 0.4) is 0 Å². The van der Waals surface area contributed by atoms with Gasteiger partial charge in [-0.25, -0.2) is 4.79 Å². The number of carbonyl (C=O) groups excluding carboxylic acids is 1. The second-order valence-corrected chi connectivity index (χ2v) is 6.71. The summed E-state index contributed by atoms with van der Waals surface area (Å²) in [5.74, 6) is 2.45. The molecular weight excluding hydrogens is 362 g/mol. The maximum absolute atomic E-state index is 12.3. The van der Waals surface area contributed by atoms with Crippen molar-refractivity contribution in [3.8, 4) is 28.6 Å². The number of hydrogen-bond acceptors (Lipinski definition) is 6. The van der Waals surface area contributed by atoms with E-state index in [1.807, 2.05) is 13.0 Å². The summed E-state index contributed by atoms with van der Waals surface area (Å²) in [7, 11) is 4.67. The molecule has 0 bridgehead atoms. The van der Waals surface area contributed by atoms with Crippen molar-refractivity contribution in [3.63, 3.8) is 0 Å². The van der Waals surface area contributed by atoms with Gasteiger partial charge in [-0.05, 0) is 25.0 Å². The average molecular weight is 391 g/mol. The molecule has 2 aromatic rings. The minimum atomic E-state index is -0.117. The molecule has 154 valence electrons. The summed E-state index contributed by atoms with van der Waals surface area (Å²) < 4.78 is 21.6. The Morgan fingerprint density at radius 2 is 1.79 bits per heavy atom. The zero-order valence-corrected chi connectivity index (χ0v) is 17.4. The Labute approximate surface area is 165 Å². The van der Waals surface area contributed by atoms with Crippen molar-refractivity contribution in [2.75, 3.05) is 34.4 Å². The highest BCUT2D eigenvalue weighted by molar-refractivity contribution is 5.74. The summed E-state index contributed by atoms with van der Waals surface area (Å²) in [6, 6.07) is 5.28. The largest absolute Gasteiger partial charge is 0.493 e.